The molecule has 0 fully saturated rings. The average Bonchev–Trinajstić information content (AvgIpc) is 2.69. The van der Waals surface area contributed by atoms with Gasteiger partial charge in [-0.3, -0.25) is 0 Å². The van der Waals surface area contributed by atoms with Crippen LogP contribution in [0.5, 0.6) is 0 Å². The van der Waals surface area contributed by atoms with E-state index >= 15 is 0 Å². The second kappa shape index (κ2) is 4.72. The van der Waals surface area contributed by atoms with E-state index in [4.69, 9.17) is 4.42 Å². The first kappa shape index (κ1) is 11.9. The number of hydrogen-bond donors (Lipinski definition) is 1. The molecule has 2 rings (SSSR count). The van der Waals surface area contributed by atoms with Crippen LogP contribution in [0.4, 0.5) is 4.39 Å². The zero-order chi connectivity index (χ0) is 12.4. The van der Waals surface area contributed by atoms with Crippen molar-refractivity contribution in [3.8, 4) is 11.3 Å². The zero-order valence-corrected chi connectivity index (χ0v) is 9.90. The van der Waals surface area contributed by atoms with Crippen molar-refractivity contribution in [2.45, 2.75) is 26.4 Å². The van der Waals surface area contributed by atoms with Gasteiger partial charge < -0.3 is 9.52 Å². The highest BCUT2D eigenvalue weighted by atomic mass is 19.1. The molecule has 17 heavy (non-hydrogen) atoms. The van der Waals surface area contributed by atoms with Crippen LogP contribution >= 0.6 is 0 Å². The van der Waals surface area contributed by atoms with Crippen molar-refractivity contribution >= 4 is 0 Å². The van der Waals surface area contributed by atoms with Gasteiger partial charge in [-0.15, -0.1) is 0 Å². The van der Waals surface area contributed by atoms with Crippen LogP contribution in [0.1, 0.15) is 18.2 Å². The minimum absolute atomic E-state index is 0.240. The quantitative estimate of drug-likeness (QED) is 0.883. The highest BCUT2D eigenvalue weighted by Gasteiger charge is 2.10. The SMILES string of the molecule is Cc1c(F)cccc1-c1ccc(CC(C)O)o1. The molecule has 90 valence electrons. The Morgan fingerprint density at radius 1 is 1.29 bits per heavy atom. The van der Waals surface area contributed by atoms with Gasteiger partial charge in [-0.1, -0.05) is 12.1 Å². The minimum atomic E-state index is -0.442. The van der Waals surface area contributed by atoms with Crippen LogP contribution in [-0.2, 0) is 6.42 Å². The average molecular weight is 234 g/mol. The lowest BCUT2D eigenvalue weighted by Crippen LogP contribution is -2.02. The summed E-state index contributed by atoms with van der Waals surface area (Å²) in [5.41, 5.74) is 1.33. The first-order valence-electron chi connectivity index (χ1n) is 5.60. The van der Waals surface area contributed by atoms with Crippen molar-refractivity contribution in [1.29, 1.82) is 0 Å². The van der Waals surface area contributed by atoms with E-state index in [9.17, 15) is 9.50 Å². The molecule has 1 aromatic carbocycles. The summed E-state index contributed by atoms with van der Waals surface area (Å²) < 4.78 is 19.0. The molecular formula is C14H15FO2. The van der Waals surface area contributed by atoms with Crippen LogP contribution in [0.15, 0.2) is 34.7 Å². The molecule has 1 unspecified atom stereocenters. The van der Waals surface area contributed by atoms with Crippen LogP contribution in [-0.4, -0.2) is 11.2 Å². The van der Waals surface area contributed by atoms with E-state index in [0.29, 0.717) is 23.5 Å². The lowest BCUT2D eigenvalue weighted by atomic mass is 10.1. The van der Waals surface area contributed by atoms with E-state index < -0.39 is 6.10 Å². The maximum atomic E-state index is 13.4. The largest absolute Gasteiger partial charge is 0.461 e. The van der Waals surface area contributed by atoms with E-state index in [1.54, 1.807) is 26.0 Å². The first-order valence-corrected chi connectivity index (χ1v) is 5.60. The standard InChI is InChI=1S/C14H15FO2/c1-9(16)8-11-6-7-14(17-11)12-4-3-5-13(15)10(12)2/h3-7,9,16H,8H2,1-2H3. The number of aliphatic hydroxyl groups is 1. The van der Waals surface area contributed by atoms with Crippen molar-refractivity contribution in [2.75, 3.05) is 0 Å². The molecule has 0 radical (unpaired) electrons. The predicted molar refractivity (Wildman–Crippen MR) is 64.2 cm³/mol. The number of hydrogen-bond acceptors (Lipinski definition) is 2. The van der Waals surface area contributed by atoms with Crippen LogP contribution in [0, 0.1) is 12.7 Å². The van der Waals surface area contributed by atoms with Crippen LogP contribution in [0.3, 0.4) is 0 Å². The van der Waals surface area contributed by atoms with E-state index in [2.05, 4.69) is 0 Å². The van der Waals surface area contributed by atoms with Crippen molar-refractivity contribution in [3.05, 3.63) is 47.5 Å². The third-order valence-corrected chi connectivity index (χ3v) is 2.69. The second-order valence-electron chi connectivity index (χ2n) is 4.23. The second-order valence-corrected chi connectivity index (χ2v) is 4.23. The monoisotopic (exact) mass is 234 g/mol. The fraction of sp³-hybridized carbons (Fsp3) is 0.286. The molecule has 0 aliphatic carbocycles. The van der Waals surface area contributed by atoms with Gasteiger partial charge in [-0.05, 0) is 37.6 Å². The van der Waals surface area contributed by atoms with Crippen LogP contribution in [0.2, 0.25) is 0 Å². The molecule has 0 saturated carbocycles. The van der Waals surface area contributed by atoms with Gasteiger partial charge in [0.25, 0.3) is 0 Å². The lowest BCUT2D eigenvalue weighted by molar-refractivity contribution is 0.187. The Morgan fingerprint density at radius 3 is 2.76 bits per heavy atom. The van der Waals surface area contributed by atoms with Gasteiger partial charge in [-0.2, -0.15) is 0 Å². The maximum Gasteiger partial charge on any atom is 0.134 e. The number of halogens is 1. The van der Waals surface area contributed by atoms with E-state index in [0.717, 1.165) is 5.56 Å². The fourth-order valence-electron chi connectivity index (χ4n) is 1.80. The lowest BCUT2D eigenvalue weighted by Gasteiger charge is -2.04. The van der Waals surface area contributed by atoms with Crippen molar-refractivity contribution in [2.24, 2.45) is 0 Å². The fourth-order valence-corrected chi connectivity index (χ4v) is 1.80. The van der Waals surface area contributed by atoms with Crippen LogP contribution < -0.4 is 0 Å². The molecule has 2 aromatic rings. The Hall–Kier alpha value is -1.61. The predicted octanol–water partition coefficient (Wildman–Crippen LogP) is 3.32. The smallest absolute Gasteiger partial charge is 0.134 e. The summed E-state index contributed by atoms with van der Waals surface area (Å²) in [6.07, 6.45) is 0.0246. The molecule has 1 atom stereocenters. The number of rotatable bonds is 3. The third-order valence-electron chi connectivity index (χ3n) is 2.69. The molecular weight excluding hydrogens is 219 g/mol. The van der Waals surface area contributed by atoms with Gasteiger partial charge in [0.15, 0.2) is 0 Å². The number of aliphatic hydroxyl groups excluding tert-OH is 1. The molecule has 0 spiro atoms. The van der Waals surface area contributed by atoms with Crippen molar-refractivity contribution < 1.29 is 13.9 Å². The van der Waals surface area contributed by atoms with Crippen molar-refractivity contribution in [1.82, 2.24) is 0 Å². The molecule has 1 heterocycles. The third kappa shape index (κ3) is 2.56. The molecule has 2 nitrogen and oxygen atoms in total. The number of furan rings is 1. The Morgan fingerprint density at radius 2 is 2.06 bits per heavy atom. The summed E-state index contributed by atoms with van der Waals surface area (Å²) >= 11 is 0. The highest BCUT2D eigenvalue weighted by Crippen LogP contribution is 2.27. The first-order chi connectivity index (χ1) is 8.08. The molecule has 1 aromatic heterocycles. The summed E-state index contributed by atoms with van der Waals surface area (Å²) in [5.74, 6) is 1.10. The Kier molecular flexibility index (Phi) is 3.29. The van der Waals surface area contributed by atoms with Gasteiger partial charge in [0.05, 0.1) is 6.10 Å². The van der Waals surface area contributed by atoms with Gasteiger partial charge in [-0.25, -0.2) is 4.39 Å². The zero-order valence-electron chi connectivity index (χ0n) is 9.90. The molecule has 0 amide bonds. The molecule has 0 saturated heterocycles. The van der Waals surface area contributed by atoms with E-state index in [1.165, 1.54) is 6.07 Å². The van der Waals surface area contributed by atoms with Crippen LogP contribution in [0.25, 0.3) is 11.3 Å². The topological polar surface area (TPSA) is 33.4 Å². The maximum absolute atomic E-state index is 13.4. The molecule has 0 bridgehead atoms. The van der Waals surface area contributed by atoms with Gasteiger partial charge >= 0.3 is 0 Å². The minimum Gasteiger partial charge on any atom is -0.461 e. The van der Waals surface area contributed by atoms with Gasteiger partial charge in [0.1, 0.15) is 17.3 Å². The Balaban J connectivity index is 2.34. The summed E-state index contributed by atoms with van der Waals surface area (Å²) in [6.45, 7) is 3.43. The summed E-state index contributed by atoms with van der Waals surface area (Å²) in [4.78, 5) is 0. The van der Waals surface area contributed by atoms with E-state index in [-0.39, 0.29) is 5.82 Å². The summed E-state index contributed by atoms with van der Waals surface area (Å²) in [5, 5.41) is 9.26. The molecule has 3 heteroatoms. The number of benzene rings is 1. The molecule has 0 aliphatic rings. The van der Waals surface area contributed by atoms with Gasteiger partial charge in [0, 0.05) is 12.0 Å². The molecule has 0 aliphatic heterocycles. The summed E-state index contributed by atoms with van der Waals surface area (Å²) in [6, 6.07) is 8.53. The van der Waals surface area contributed by atoms with Crippen molar-refractivity contribution in [3.63, 3.8) is 0 Å². The molecule has 1 N–H and O–H groups in total. The Bertz CT molecular complexity index is 515. The Labute approximate surface area is 99.7 Å². The summed E-state index contributed by atoms with van der Waals surface area (Å²) in [7, 11) is 0. The van der Waals surface area contributed by atoms with Gasteiger partial charge in [0.2, 0.25) is 0 Å². The van der Waals surface area contributed by atoms with E-state index in [1.807, 2.05) is 12.1 Å². The highest BCUT2D eigenvalue weighted by molar-refractivity contribution is 5.62. The normalized spacial score (nSPS) is 12.7.